The number of hydrogen-bond acceptors (Lipinski definition) is 4. The fourth-order valence-corrected chi connectivity index (χ4v) is 4.10. The van der Waals surface area contributed by atoms with E-state index in [1.54, 1.807) is 19.2 Å². The van der Waals surface area contributed by atoms with Gasteiger partial charge in [0.2, 0.25) is 10.0 Å². The summed E-state index contributed by atoms with van der Waals surface area (Å²) >= 11 is 0. The van der Waals surface area contributed by atoms with Crippen molar-refractivity contribution in [1.82, 2.24) is 9.62 Å². The summed E-state index contributed by atoms with van der Waals surface area (Å²) in [5.41, 5.74) is 1.09. The van der Waals surface area contributed by atoms with E-state index in [0.29, 0.717) is 18.0 Å². The molecule has 2 rings (SSSR count). The molecule has 118 valence electrons. The van der Waals surface area contributed by atoms with Gasteiger partial charge in [-0.3, -0.25) is 0 Å². The fourth-order valence-electron chi connectivity index (χ4n) is 2.61. The molecule has 2 atom stereocenters. The normalized spacial score (nSPS) is 21.6. The Morgan fingerprint density at radius 3 is 2.57 bits per heavy atom. The molecule has 0 amide bonds. The summed E-state index contributed by atoms with van der Waals surface area (Å²) in [5, 5.41) is 3.31. The van der Waals surface area contributed by atoms with E-state index in [9.17, 15) is 8.42 Å². The lowest BCUT2D eigenvalue weighted by Crippen LogP contribution is -2.30. The van der Waals surface area contributed by atoms with Crippen LogP contribution in [0.5, 0.6) is 0 Å². The van der Waals surface area contributed by atoms with Gasteiger partial charge in [-0.05, 0) is 37.6 Å². The molecule has 21 heavy (non-hydrogen) atoms. The van der Waals surface area contributed by atoms with Crippen LogP contribution in [0.4, 0.5) is 0 Å². The maximum Gasteiger partial charge on any atom is 0.243 e. The zero-order chi connectivity index (χ0) is 15.5. The van der Waals surface area contributed by atoms with Crippen LogP contribution in [-0.2, 0) is 14.8 Å². The topological polar surface area (TPSA) is 58.6 Å². The van der Waals surface area contributed by atoms with Crippen LogP contribution in [0.1, 0.15) is 31.9 Å². The molecule has 1 aliphatic rings. The van der Waals surface area contributed by atoms with Crippen molar-refractivity contribution < 1.29 is 13.2 Å². The Hall–Kier alpha value is -0.950. The zero-order valence-electron chi connectivity index (χ0n) is 12.9. The summed E-state index contributed by atoms with van der Waals surface area (Å²) in [7, 11) is -1.78. The van der Waals surface area contributed by atoms with E-state index in [4.69, 9.17) is 4.74 Å². The molecule has 1 aromatic carbocycles. The Bertz CT molecular complexity index is 557. The van der Waals surface area contributed by atoms with Crippen LogP contribution in [-0.4, -0.2) is 45.6 Å². The number of sulfonamides is 1. The van der Waals surface area contributed by atoms with Crippen LogP contribution in [0, 0.1) is 0 Å². The molecule has 6 heteroatoms. The van der Waals surface area contributed by atoms with Gasteiger partial charge in [0, 0.05) is 26.2 Å². The van der Waals surface area contributed by atoms with Gasteiger partial charge in [0.1, 0.15) is 0 Å². The Morgan fingerprint density at radius 1 is 1.38 bits per heavy atom. The van der Waals surface area contributed by atoms with Crippen molar-refractivity contribution in [2.24, 2.45) is 0 Å². The number of methoxy groups -OCH3 is 1. The summed E-state index contributed by atoms with van der Waals surface area (Å²) in [6.07, 6.45) is 0.762. The second-order valence-corrected chi connectivity index (χ2v) is 7.30. The molecule has 1 aromatic rings. The van der Waals surface area contributed by atoms with Gasteiger partial charge in [-0.25, -0.2) is 8.42 Å². The van der Waals surface area contributed by atoms with E-state index in [0.717, 1.165) is 18.5 Å². The summed E-state index contributed by atoms with van der Waals surface area (Å²) < 4.78 is 31.9. The fraction of sp³-hybridized carbons (Fsp3) is 0.600. The molecule has 0 saturated carbocycles. The van der Waals surface area contributed by atoms with Crippen LogP contribution in [0.2, 0.25) is 0 Å². The van der Waals surface area contributed by atoms with E-state index < -0.39 is 10.0 Å². The highest BCUT2D eigenvalue weighted by atomic mass is 32.2. The third-order valence-corrected chi connectivity index (χ3v) is 5.85. The van der Waals surface area contributed by atoms with Crippen LogP contribution >= 0.6 is 0 Å². The summed E-state index contributed by atoms with van der Waals surface area (Å²) in [6.45, 7) is 5.96. The summed E-state index contributed by atoms with van der Waals surface area (Å²) in [5.74, 6) is 0. The van der Waals surface area contributed by atoms with Crippen molar-refractivity contribution in [3.63, 3.8) is 0 Å². The maximum absolute atomic E-state index is 12.6. The van der Waals surface area contributed by atoms with Gasteiger partial charge in [-0.15, -0.1) is 0 Å². The molecular weight excluding hydrogens is 288 g/mol. The Balaban J connectivity index is 2.14. The van der Waals surface area contributed by atoms with Crippen molar-refractivity contribution >= 4 is 10.0 Å². The second kappa shape index (κ2) is 6.87. The quantitative estimate of drug-likeness (QED) is 0.870. The van der Waals surface area contributed by atoms with E-state index in [1.807, 2.05) is 12.1 Å². The van der Waals surface area contributed by atoms with Crippen molar-refractivity contribution in [3.8, 4) is 0 Å². The molecule has 1 N–H and O–H groups in total. The third kappa shape index (κ3) is 3.63. The lowest BCUT2D eigenvalue weighted by Gasteiger charge is -2.17. The first-order valence-corrected chi connectivity index (χ1v) is 8.79. The van der Waals surface area contributed by atoms with Crippen molar-refractivity contribution in [1.29, 1.82) is 0 Å². The minimum absolute atomic E-state index is 0.00725. The first-order chi connectivity index (χ1) is 9.98. The van der Waals surface area contributed by atoms with Gasteiger partial charge in [0.15, 0.2) is 0 Å². The minimum Gasteiger partial charge on any atom is -0.380 e. The molecule has 0 aromatic heterocycles. The van der Waals surface area contributed by atoms with Gasteiger partial charge in [0.05, 0.1) is 11.0 Å². The SMILES string of the molecule is CCNC(C)c1ccc(S(=O)(=O)N2CCC(OC)C2)cc1. The molecule has 5 nitrogen and oxygen atoms in total. The highest BCUT2D eigenvalue weighted by molar-refractivity contribution is 7.89. The van der Waals surface area contributed by atoms with Crippen LogP contribution < -0.4 is 5.32 Å². The Labute approximate surface area is 127 Å². The maximum atomic E-state index is 12.6. The lowest BCUT2D eigenvalue weighted by atomic mass is 10.1. The molecule has 1 aliphatic heterocycles. The smallest absolute Gasteiger partial charge is 0.243 e. The minimum atomic E-state index is -3.40. The number of benzene rings is 1. The first-order valence-electron chi connectivity index (χ1n) is 7.35. The van der Waals surface area contributed by atoms with Crippen LogP contribution in [0.3, 0.4) is 0 Å². The third-order valence-electron chi connectivity index (χ3n) is 3.97. The molecule has 0 radical (unpaired) electrons. The standard InChI is InChI=1S/C15H24N2O3S/c1-4-16-12(2)13-5-7-15(8-6-13)21(18,19)17-10-9-14(11-17)20-3/h5-8,12,14,16H,4,9-11H2,1-3H3. The number of rotatable bonds is 6. The highest BCUT2D eigenvalue weighted by Gasteiger charge is 2.32. The van der Waals surface area contributed by atoms with Gasteiger partial charge < -0.3 is 10.1 Å². The van der Waals surface area contributed by atoms with Crippen LogP contribution in [0.25, 0.3) is 0 Å². The van der Waals surface area contributed by atoms with E-state index in [2.05, 4.69) is 19.2 Å². The van der Waals surface area contributed by atoms with Gasteiger partial charge in [-0.2, -0.15) is 4.31 Å². The molecule has 0 bridgehead atoms. The van der Waals surface area contributed by atoms with Crippen molar-refractivity contribution in [3.05, 3.63) is 29.8 Å². The monoisotopic (exact) mass is 312 g/mol. The predicted octanol–water partition coefficient (Wildman–Crippen LogP) is 1.77. The number of nitrogens with one attached hydrogen (secondary N) is 1. The van der Waals surface area contributed by atoms with E-state index in [1.165, 1.54) is 4.31 Å². The van der Waals surface area contributed by atoms with Gasteiger partial charge in [0.25, 0.3) is 0 Å². The first kappa shape index (κ1) is 16.4. The predicted molar refractivity (Wildman–Crippen MR) is 82.7 cm³/mol. The molecular formula is C15H24N2O3S. The molecule has 1 heterocycles. The molecule has 1 saturated heterocycles. The average molecular weight is 312 g/mol. The van der Waals surface area contributed by atoms with Crippen LogP contribution in [0.15, 0.2) is 29.2 Å². The van der Waals surface area contributed by atoms with E-state index in [-0.39, 0.29) is 12.1 Å². The zero-order valence-corrected chi connectivity index (χ0v) is 13.7. The average Bonchev–Trinajstić information content (AvgIpc) is 2.97. The second-order valence-electron chi connectivity index (χ2n) is 5.36. The van der Waals surface area contributed by atoms with Crippen molar-refractivity contribution in [2.75, 3.05) is 26.7 Å². The Kier molecular flexibility index (Phi) is 5.37. The summed E-state index contributed by atoms with van der Waals surface area (Å²) in [4.78, 5) is 0.353. The molecule has 2 unspecified atom stereocenters. The number of ether oxygens (including phenoxy) is 1. The largest absolute Gasteiger partial charge is 0.380 e. The van der Waals surface area contributed by atoms with Gasteiger partial charge in [-0.1, -0.05) is 19.1 Å². The van der Waals surface area contributed by atoms with Gasteiger partial charge >= 0.3 is 0 Å². The summed E-state index contributed by atoms with van der Waals surface area (Å²) in [6, 6.07) is 7.36. The Morgan fingerprint density at radius 2 is 2.05 bits per heavy atom. The highest BCUT2D eigenvalue weighted by Crippen LogP contribution is 2.23. The number of nitrogens with zero attached hydrogens (tertiary/aromatic N) is 1. The van der Waals surface area contributed by atoms with E-state index >= 15 is 0 Å². The molecule has 0 spiro atoms. The lowest BCUT2D eigenvalue weighted by molar-refractivity contribution is 0.115. The van der Waals surface area contributed by atoms with Crippen molar-refractivity contribution in [2.45, 2.75) is 37.3 Å². The number of hydrogen-bond donors (Lipinski definition) is 1. The molecule has 0 aliphatic carbocycles. The molecule has 1 fully saturated rings.